The average molecular weight is 349 g/mol. The van der Waals surface area contributed by atoms with Gasteiger partial charge in [0.1, 0.15) is 19.5 Å². The van der Waals surface area contributed by atoms with Crippen LogP contribution in [0.1, 0.15) is 24.2 Å². The lowest BCUT2D eigenvalue weighted by atomic mass is 10.2. The minimum Gasteiger partial charge on any atom is -0.493 e. The van der Waals surface area contributed by atoms with Gasteiger partial charge in [0, 0.05) is 5.69 Å². The van der Waals surface area contributed by atoms with Crippen molar-refractivity contribution in [3.8, 4) is 0 Å². The van der Waals surface area contributed by atoms with E-state index >= 15 is 0 Å². The Morgan fingerprint density at radius 2 is 1.84 bits per heavy atom. The van der Waals surface area contributed by atoms with Gasteiger partial charge in [-0.2, -0.15) is 0 Å². The number of amides is 1. The van der Waals surface area contributed by atoms with Gasteiger partial charge in [-0.1, -0.05) is 0 Å². The van der Waals surface area contributed by atoms with E-state index in [0.717, 1.165) is 6.26 Å². The van der Waals surface area contributed by atoms with Crippen molar-refractivity contribution in [3.05, 3.63) is 41.9 Å². The Balaban J connectivity index is 1.81. The van der Waals surface area contributed by atoms with Crippen molar-refractivity contribution in [1.82, 2.24) is 0 Å². The molecule has 2 rings (SSSR count). The molecule has 1 heterocycles. The Morgan fingerprint density at radius 3 is 2.44 bits per heavy atom. The Hall–Kier alpha value is -3.03. The summed E-state index contributed by atoms with van der Waals surface area (Å²) in [6, 6.07) is 6.17. The van der Waals surface area contributed by atoms with Crippen molar-refractivity contribution >= 4 is 23.5 Å². The zero-order chi connectivity index (χ0) is 18.2. The molecule has 0 radical (unpaired) electrons. The van der Waals surface area contributed by atoms with E-state index in [1.807, 2.05) is 0 Å². The largest absolute Gasteiger partial charge is 0.493 e. The van der Waals surface area contributed by atoms with Crippen molar-refractivity contribution in [2.24, 2.45) is 0 Å². The van der Waals surface area contributed by atoms with Gasteiger partial charge in [0.25, 0.3) is 5.91 Å². The van der Waals surface area contributed by atoms with Crippen LogP contribution in [0.15, 0.2) is 36.3 Å². The SMILES string of the molecule is CC(C)OC(=O)c1ccc(NC(=O)COC(=O)C2=COCCO2)cc1. The molecule has 1 aliphatic heterocycles. The predicted octanol–water partition coefficient (Wildman–Crippen LogP) is 1.62. The highest BCUT2D eigenvalue weighted by molar-refractivity contribution is 5.95. The van der Waals surface area contributed by atoms with E-state index in [2.05, 4.69) is 5.32 Å². The third-order valence-corrected chi connectivity index (χ3v) is 2.93. The van der Waals surface area contributed by atoms with Crippen LogP contribution in [-0.4, -0.2) is 43.8 Å². The van der Waals surface area contributed by atoms with Gasteiger partial charge >= 0.3 is 11.9 Å². The van der Waals surface area contributed by atoms with E-state index in [1.165, 1.54) is 12.1 Å². The normalized spacial score (nSPS) is 13.2. The summed E-state index contributed by atoms with van der Waals surface area (Å²) in [5.41, 5.74) is 0.832. The predicted molar refractivity (Wildman–Crippen MR) is 86.6 cm³/mol. The molecule has 1 amide bonds. The number of carbonyl (C=O) groups is 3. The number of hydrogen-bond acceptors (Lipinski definition) is 7. The summed E-state index contributed by atoms with van der Waals surface area (Å²) in [4.78, 5) is 35.2. The molecule has 1 aromatic carbocycles. The minimum absolute atomic E-state index is 0.0768. The molecule has 0 bridgehead atoms. The summed E-state index contributed by atoms with van der Waals surface area (Å²) < 4.78 is 19.9. The minimum atomic E-state index is -0.776. The lowest BCUT2D eigenvalue weighted by Gasteiger charge is -2.14. The van der Waals surface area contributed by atoms with E-state index in [4.69, 9.17) is 18.9 Å². The number of hydrogen-bond donors (Lipinski definition) is 1. The number of esters is 2. The van der Waals surface area contributed by atoms with Crippen LogP contribution in [-0.2, 0) is 28.5 Å². The number of benzene rings is 1. The van der Waals surface area contributed by atoms with Crippen LogP contribution in [0.5, 0.6) is 0 Å². The Labute approximate surface area is 144 Å². The molecule has 0 aromatic heterocycles. The zero-order valence-electron chi connectivity index (χ0n) is 13.9. The van der Waals surface area contributed by atoms with Gasteiger partial charge in [-0.05, 0) is 38.1 Å². The Kier molecular flexibility index (Phi) is 6.39. The second-order valence-corrected chi connectivity index (χ2v) is 5.36. The van der Waals surface area contributed by atoms with Crippen molar-refractivity contribution in [2.45, 2.75) is 20.0 Å². The highest BCUT2D eigenvalue weighted by Gasteiger charge is 2.18. The molecule has 134 valence electrons. The quantitative estimate of drug-likeness (QED) is 0.779. The first-order valence-corrected chi connectivity index (χ1v) is 7.68. The van der Waals surface area contributed by atoms with Gasteiger partial charge in [0.05, 0.1) is 11.7 Å². The van der Waals surface area contributed by atoms with Crippen LogP contribution in [0, 0.1) is 0 Å². The first-order chi connectivity index (χ1) is 12.0. The summed E-state index contributed by atoms with van der Waals surface area (Å²) in [5, 5.41) is 2.55. The van der Waals surface area contributed by atoms with E-state index in [-0.39, 0.29) is 18.5 Å². The summed E-state index contributed by atoms with van der Waals surface area (Å²) >= 11 is 0. The fourth-order valence-electron chi connectivity index (χ4n) is 1.85. The van der Waals surface area contributed by atoms with E-state index in [9.17, 15) is 14.4 Å². The molecule has 8 nitrogen and oxygen atoms in total. The zero-order valence-corrected chi connectivity index (χ0v) is 13.9. The maximum Gasteiger partial charge on any atom is 0.377 e. The summed E-state index contributed by atoms with van der Waals surface area (Å²) in [6.07, 6.45) is 0.939. The van der Waals surface area contributed by atoms with Gasteiger partial charge in [-0.25, -0.2) is 9.59 Å². The monoisotopic (exact) mass is 349 g/mol. The van der Waals surface area contributed by atoms with Crippen LogP contribution in [0.4, 0.5) is 5.69 Å². The molecular formula is C17H19NO7. The molecule has 0 spiro atoms. The molecule has 1 aromatic rings. The van der Waals surface area contributed by atoms with Crippen LogP contribution >= 0.6 is 0 Å². The first kappa shape index (κ1) is 18.3. The summed E-state index contributed by atoms with van der Waals surface area (Å²) in [7, 11) is 0. The molecule has 1 N–H and O–H groups in total. The third-order valence-electron chi connectivity index (χ3n) is 2.93. The molecule has 0 atom stereocenters. The number of rotatable bonds is 6. The fourth-order valence-corrected chi connectivity index (χ4v) is 1.85. The first-order valence-electron chi connectivity index (χ1n) is 7.68. The van der Waals surface area contributed by atoms with Gasteiger partial charge < -0.3 is 24.3 Å². The highest BCUT2D eigenvalue weighted by atomic mass is 16.6. The Bertz CT molecular complexity index is 664. The third kappa shape index (κ3) is 5.83. The molecule has 8 heteroatoms. The maximum absolute atomic E-state index is 11.8. The number of carbonyl (C=O) groups excluding carboxylic acids is 3. The van der Waals surface area contributed by atoms with Gasteiger partial charge in [-0.15, -0.1) is 0 Å². The molecule has 1 aliphatic rings. The molecule has 0 saturated heterocycles. The van der Waals surface area contributed by atoms with Crippen LogP contribution in [0.3, 0.4) is 0 Å². The summed E-state index contributed by atoms with van der Waals surface area (Å²) in [5.74, 6) is -1.82. The van der Waals surface area contributed by atoms with Gasteiger partial charge in [0.2, 0.25) is 5.76 Å². The smallest absolute Gasteiger partial charge is 0.377 e. The van der Waals surface area contributed by atoms with Crippen LogP contribution < -0.4 is 5.32 Å². The van der Waals surface area contributed by atoms with E-state index < -0.39 is 24.5 Å². The Morgan fingerprint density at radius 1 is 1.12 bits per heavy atom. The lowest BCUT2D eigenvalue weighted by Crippen LogP contribution is -2.23. The summed E-state index contributed by atoms with van der Waals surface area (Å²) in [6.45, 7) is 3.65. The van der Waals surface area contributed by atoms with E-state index in [0.29, 0.717) is 17.9 Å². The van der Waals surface area contributed by atoms with Crippen LogP contribution in [0.25, 0.3) is 0 Å². The molecule has 25 heavy (non-hydrogen) atoms. The van der Waals surface area contributed by atoms with Crippen molar-refractivity contribution in [3.63, 3.8) is 0 Å². The highest BCUT2D eigenvalue weighted by Crippen LogP contribution is 2.12. The van der Waals surface area contributed by atoms with Crippen molar-refractivity contribution < 1.29 is 33.3 Å². The average Bonchev–Trinajstić information content (AvgIpc) is 2.60. The van der Waals surface area contributed by atoms with E-state index in [1.54, 1.807) is 26.0 Å². The number of nitrogens with one attached hydrogen (secondary N) is 1. The number of anilines is 1. The van der Waals surface area contributed by atoms with Crippen molar-refractivity contribution in [1.29, 1.82) is 0 Å². The standard InChI is InChI=1S/C17H19NO7/c1-11(2)25-16(20)12-3-5-13(6-4-12)18-15(19)10-24-17(21)14-9-22-7-8-23-14/h3-6,9,11H,7-8,10H2,1-2H3,(H,18,19). The molecule has 0 fully saturated rings. The van der Waals surface area contributed by atoms with Gasteiger partial charge in [-0.3, -0.25) is 4.79 Å². The molecule has 0 aliphatic carbocycles. The topological polar surface area (TPSA) is 100 Å². The molecular weight excluding hydrogens is 330 g/mol. The van der Waals surface area contributed by atoms with Gasteiger partial charge in [0.15, 0.2) is 6.61 Å². The molecule has 0 saturated carbocycles. The maximum atomic E-state index is 11.8. The fraction of sp³-hybridized carbons (Fsp3) is 0.353. The van der Waals surface area contributed by atoms with Crippen molar-refractivity contribution in [2.75, 3.05) is 25.1 Å². The number of ether oxygens (including phenoxy) is 4. The molecule has 0 unspecified atom stereocenters. The second kappa shape index (κ2) is 8.72. The lowest BCUT2D eigenvalue weighted by molar-refractivity contribution is -0.148. The van der Waals surface area contributed by atoms with Crippen LogP contribution in [0.2, 0.25) is 0 Å². The second-order valence-electron chi connectivity index (χ2n) is 5.36.